The average Bonchev–Trinajstić information content (AvgIpc) is 2.83. The third-order valence-electron chi connectivity index (χ3n) is 2.67. The number of nitrogens with zero attached hydrogens (tertiary/aromatic N) is 1. The van der Waals surface area contributed by atoms with E-state index in [0.717, 1.165) is 16.7 Å². The van der Waals surface area contributed by atoms with Gasteiger partial charge in [0.25, 0.3) is 5.91 Å². The van der Waals surface area contributed by atoms with Crippen LogP contribution in [0.25, 0.3) is 0 Å². The predicted octanol–water partition coefficient (Wildman–Crippen LogP) is 1.37. The van der Waals surface area contributed by atoms with Gasteiger partial charge in [0.2, 0.25) is 5.76 Å². The van der Waals surface area contributed by atoms with Crippen LogP contribution in [-0.2, 0) is 13.1 Å². The molecule has 0 spiro atoms. The van der Waals surface area contributed by atoms with Crippen LogP contribution >= 0.6 is 0 Å². The normalized spacial score (nSPS) is 10.3. The lowest BCUT2D eigenvalue weighted by atomic mass is 10.1. The number of nitrogens with one attached hydrogen (secondary N) is 1. The molecule has 1 aromatic heterocycles. The van der Waals surface area contributed by atoms with Crippen molar-refractivity contribution in [3.8, 4) is 0 Å². The van der Waals surface area contributed by atoms with Crippen molar-refractivity contribution < 1.29 is 9.32 Å². The summed E-state index contributed by atoms with van der Waals surface area (Å²) >= 11 is 0. The highest BCUT2D eigenvalue weighted by Crippen LogP contribution is 2.07. The van der Waals surface area contributed by atoms with Gasteiger partial charge in [-0.1, -0.05) is 29.4 Å². The molecule has 2 rings (SSSR count). The predicted molar refractivity (Wildman–Crippen MR) is 66.7 cm³/mol. The summed E-state index contributed by atoms with van der Waals surface area (Å²) in [6, 6.07) is 7.77. The van der Waals surface area contributed by atoms with Crippen LogP contribution in [0.5, 0.6) is 0 Å². The van der Waals surface area contributed by atoms with Crippen LogP contribution in [0.1, 0.15) is 27.2 Å². The Bertz CT molecular complexity index is 531. The van der Waals surface area contributed by atoms with E-state index in [4.69, 9.17) is 10.3 Å². The van der Waals surface area contributed by atoms with E-state index in [9.17, 15) is 4.79 Å². The zero-order valence-corrected chi connectivity index (χ0v) is 10.1. The molecule has 0 radical (unpaired) electrons. The number of carbonyl (C=O) groups is 1. The first-order chi connectivity index (χ1) is 8.70. The minimum absolute atomic E-state index is 0.257. The summed E-state index contributed by atoms with van der Waals surface area (Å²) in [5, 5.41) is 6.35. The van der Waals surface area contributed by atoms with Crippen molar-refractivity contribution in [1.82, 2.24) is 10.5 Å². The Hall–Kier alpha value is -2.14. The lowest BCUT2D eigenvalue weighted by Crippen LogP contribution is -2.22. The molecule has 0 aliphatic rings. The number of hydrogen-bond acceptors (Lipinski definition) is 4. The van der Waals surface area contributed by atoms with Gasteiger partial charge in [-0.15, -0.1) is 0 Å². The number of rotatable bonds is 4. The SMILES string of the molecule is Cc1cnoc1C(=O)NCc1ccc(CN)cc1. The molecular formula is C13H15N3O2. The van der Waals surface area contributed by atoms with E-state index >= 15 is 0 Å². The highest BCUT2D eigenvalue weighted by molar-refractivity contribution is 5.92. The maximum absolute atomic E-state index is 11.8. The van der Waals surface area contributed by atoms with E-state index in [1.54, 1.807) is 6.92 Å². The molecule has 1 aromatic carbocycles. The van der Waals surface area contributed by atoms with Crippen LogP contribution in [0.15, 0.2) is 35.0 Å². The van der Waals surface area contributed by atoms with Gasteiger partial charge in [0.1, 0.15) is 0 Å². The maximum Gasteiger partial charge on any atom is 0.290 e. The second-order valence-electron chi connectivity index (χ2n) is 4.04. The Balaban J connectivity index is 1.95. The zero-order valence-electron chi connectivity index (χ0n) is 10.1. The number of aryl methyl sites for hydroxylation is 1. The Labute approximate surface area is 105 Å². The topological polar surface area (TPSA) is 81.2 Å². The van der Waals surface area contributed by atoms with Gasteiger partial charge in [-0.25, -0.2) is 0 Å². The zero-order chi connectivity index (χ0) is 13.0. The van der Waals surface area contributed by atoms with E-state index in [2.05, 4.69) is 10.5 Å². The summed E-state index contributed by atoms with van der Waals surface area (Å²) in [5.41, 5.74) is 8.32. The first-order valence-corrected chi connectivity index (χ1v) is 5.68. The molecule has 0 aliphatic heterocycles. The fraction of sp³-hybridized carbons (Fsp3) is 0.231. The van der Waals surface area contributed by atoms with Crippen molar-refractivity contribution in [1.29, 1.82) is 0 Å². The first-order valence-electron chi connectivity index (χ1n) is 5.68. The minimum atomic E-state index is -0.257. The second-order valence-corrected chi connectivity index (χ2v) is 4.04. The van der Waals surface area contributed by atoms with Crippen LogP contribution in [-0.4, -0.2) is 11.1 Å². The number of hydrogen-bond donors (Lipinski definition) is 2. The summed E-state index contributed by atoms with van der Waals surface area (Å²) in [6.45, 7) is 2.75. The molecule has 0 unspecified atom stereocenters. The third kappa shape index (κ3) is 2.75. The molecule has 18 heavy (non-hydrogen) atoms. The van der Waals surface area contributed by atoms with Gasteiger partial charge in [-0.05, 0) is 18.1 Å². The van der Waals surface area contributed by atoms with E-state index < -0.39 is 0 Å². The molecule has 3 N–H and O–H groups in total. The van der Waals surface area contributed by atoms with Crippen LogP contribution in [0.2, 0.25) is 0 Å². The molecule has 0 aliphatic carbocycles. The smallest absolute Gasteiger partial charge is 0.290 e. The molecule has 5 nitrogen and oxygen atoms in total. The Morgan fingerprint density at radius 3 is 2.56 bits per heavy atom. The quantitative estimate of drug-likeness (QED) is 0.852. The molecule has 0 bridgehead atoms. The number of nitrogens with two attached hydrogens (primary N) is 1. The van der Waals surface area contributed by atoms with Crippen molar-refractivity contribution in [3.63, 3.8) is 0 Å². The monoisotopic (exact) mass is 245 g/mol. The minimum Gasteiger partial charge on any atom is -0.351 e. The molecule has 1 amide bonds. The Morgan fingerprint density at radius 2 is 2.00 bits per heavy atom. The highest BCUT2D eigenvalue weighted by atomic mass is 16.5. The van der Waals surface area contributed by atoms with E-state index in [1.165, 1.54) is 6.20 Å². The lowest BCUT2D eigenvalue weighted by molar-refractivity contribution is 0.0913. The van der Waals surface area contributed by atoms with Gasteiger partial charge < -0.3 is 15.6 Å². The summed E-state index contributed by atoms with van der Waals surface area (Å²) in [4.78, 5) is 11.8. The van der Waals surface area contributed by atoms with Crippen LogP contribution < -0.4 is 11.1 Å². The number of aromatic nitrogens is 1. The largest absolute Gasteiger partial charge is 0.351 e. The van der Waals surface area contributed by atoms with Crippen molar-refractivity contribution >= 4 is 5.91 Å². The fourth-order valence-corrected chi connectivity index (χ4v) is 1.57. The molecule has 0 atom stereocenters. The highest BCUT2D eigenvalue weighted by Gasteiger charge is 2.13. The van der Waals surface area contributed by atoms with Gasteiger partial charge in [0.05, 0.1) is 6.20 Å². The molecule has 1 heterocycles. The Morgan fingerprint density at radius 1 is 1.33 bits per heavy atom. The molecule has 94 valence electrons. The number of benzene rings is 1. The fourth-order valence-electron chi connectivity index (χ4n) is 1.57. The number of amides is 1. The van der Waals surface area contributed by atoms with Gasteiger partial charge in [0.15, 0.2) is 0 Å². The molecule has 0 saturated carbocycles. The average molecular weight is 245 g/mol. The third-order valence-corrected chi connectivity index (χ3v) is 2.67. The molecule has 0 fully saturated rings. The second kappa shape index (κ2) is 5.46. The molecule has 5 heteroatoms. The van der Waals surface area contributed by atoms with E-state index in [0.29, 0.717) is 13.1 Å². The molecular weight excluding hydrogens is 230 g/mol. The molecule has 2 aromatic rings. The standard InChI is InChI=1S/C13H15N3O2/c1-9-7-16-18-12(9)13(17)15-8-11-4-2-10(6-14)3-5-11/h2-5,7H,6,8,14H2,1H3,(H,15,17). The van der Waals surface area contributed by atoms with Gasteiger partial charge in [-0.3, -0.25) is 4.79 Å². The van der Waals surface area contributed by atoms with Gasteiger partial charge in [-0.2, -0.15) is 0 Å². The van der Waals surface area contributed by atoms with Crippen LogP contribution in [0.4, 0.5) is 0 Å². The van der Waals surface area contributed by atoms with Crippen LogP contribution in [0, 0.1) is 6.92 Å². The maximum atomic E-state index is 11.8. The van der Waals surface area contributed by atoms with Crippen molar-refractivity contribution in [2.75, 3.05) is 0 Å². The van der Waals surface area contributed by atoms with Gasteiger partial charge in [0, 0.05) is 18.7 Å². The van der Waals surface area contributed by atoms with E-state index in [1.807, 2.05) is 24.3 Å². The number of carbonyl (C=O) groups excluding carboxylic acids is 1. The van der Waals surface area contributed by atoms with Crippen LogP contribution in [0.3, 0.4) is 0 Å². The van der Waals surface area contributed by atoms with E-state index in [-0.39, 0.29) is 11.7 Å². The Kier molecular flexibility index (Phi) is 3.74. The summed E-state index contributed by atoms with van der Waals surface area (Å²) < 4.78 is 4.87. The summed E-state index contributed by atoms with van der Waals surface area (Å²) in [6.07, 6.45) is 1.52. The van der Waals surface area contributed by atoms with Gasteiger partial charge >= 0.3 is 0 Å². The van der Waals surface area contributed by atoms with Crippen molar-refractivity contribution in [2.45, 2.75) is 20.0 Å². The van der Waals surface area contributed by atoms with Crippen molar-refractivity contribution in [3.05, 3.63) is 52.9 Å². The summed E-state index contributed by atoms with van der Waals surface area (Å²) in [5.74, 6) is 0.00137. The lowest BCUT2D eigenvalue weighted by Gasteiger charge is -2.04. The first kappa shape index (κ1) is 12.3. The summed E-state index contributed by atoms with van der Waals surface area (Å²) in [7, 11) is 0. The molecule has 0 saturated heterocycles. The van der Waals surface area contributed by atoms with Crippen molar-refractivity contribution in [2.24, 2.45) is 5.73 Å².